The number of hydrogen-bond acceptors (Lipinski definition) is 7. The van der Waals surface area contributed by atoms with Crippen LogP contribution < -0.4 is 10.5 Å². The summed E-state index contributed by atoms with van der Waals surface area (Å²) in [5.74, 6) is 0. The average molecular weight is 461 g/mol. The number of hydrogen-bond donors (Lipinski definition) is 1. The molecule has 0 radical (unpaired) electrons. The quantitative estimate of drug-likeness (QED) is 0.464. The van der Waals surface area contributed by atoms with Crippen molar-refractivity contribution >= 4 is 16.7 Å². The molecule has 4 heterocycles. The van der Waals surface area contributed by atoms with E-state index in [2.05, 4.69) is 0 Å². The summed E-state index contributed by atoms with van der Waals surface area (Å²) in [6.45, 7) is 0.222. The molecule has 3 aliphatic heterocycles. The van der Waals surface area contributed by atoms with Gasteiger partial charge in [0.2, 0.25) is 0 Å². The normalized spacial score (nSPS) is 31.2. The molecule has 0 spiro atoms. The fraction of sp³-hybridized carbons (Fsp3) is 0.348. The Kier molecular flexibility index (Phi) is 4.57. The summed E-state index contributed by atoms with van der Waals surface area (Å²) >= 11 is 0. The van der Waals surface area contributed by atoms with Crippen molar-refractivity contribution in [1.29, 1.82) is 0 Å². The fourth-order valence-corrected chi connectivity index (χ4v) is 4.69. The maximum atomic E-state index is 13.3. The van der Waals surface area contributed by atoms with Crippen molar-refractivity contribution in [2.75, 3.05) is 11.5 Å². The van der Waals surface area contributed by atoms with Gasteiger partial charge in [0, 0.05) is 28.8 Å². The van der Waals surface area contributed by atoms with Crippen LogP contribution in [0.1, 0.15) is 17.4 Å². The van der Waals surface area contributed by atoms with Crippen LogP contribution in [-0.2, 0) is 20.4 Å². The number of alkyl halides is 3. The van der Waals surface area contributed by atoms with E-state index >= 15 is 0 Å². The highest BCUT2D eigenvalue weighted by Crippen LogP contribution is 2.47. The van der Waals surface area contributed by atoms with Crippen LogP contribution in [0.4, 0.5) is 18.9 Å². The van der Waals surface area contributed by atoms with Gasteiger partial charge in [-0.3, -0.25) is 0 Å². The SMILES string of the molecule is O=c1cc(C(F)(F)F)c2ccc(N3C4C(O)C5OC(c6ccccc6)OCC5O[C@@H]43)cc2o1. The van der Waals surface area contributed by atoms with Crippen molar-refractivity contribution in [3.8, 4) is 0 Å². The highest BCUT2D eigenvalue weighted by molar-refractivity contribution is 5.85. The lowest BCUT2D eigenvalue weighted by Crippen LogP contribution is -2.54. The molecule has 6 rings (SSSR count). The third kappa shape index (κ3) is 3.41. The van der Waals surface area contributed by atoms with Gasteiger partial charge in [-0.15, -0.1) is 0 Å². The van der Waals surface area contributed by atoms with E-state index in [1.807, 2.05) is 30.3 Å². The van der Waals surface area contributed by atoms with Crippen LogP contribution in [-0.4, -0.2) is 42.3 Å². The monoisotopic (exact) mass is 461 g/mol. The number of ether oxygens (including phenoxy) is 3. The molecule has 3 saturated heterocycles. The van der Waals surface area contributed by atoms with Crippen LogP contribution in [0.25, 0.3) is 11.0 Å². The number of aliphatic hydroxyl groups is 1. The molecule has 3 fully saturated rings. The summed E-state index contributed by atoms with van der Waals surface area (Å²) in [6, 6.07) is 13.4. The molecule has 0 aliphatic carbocycles. The number of aliphatic hydroxyl groups excluding tert-OH is 1. The molecule has 3 aliphatic rings. The van der Waals surface area contributed by atoms with Crippen LogP contribution in [0.5, 0.6) is 0 Å². The van der Waals surface area contributed by atoms with Crippen LogP contribution in [0.15, 0.2) is 63.8 Å². The summed E-state index contributed by atoms with van der Waals surface area (Å²) < 4.78 is 62.8. The number of fused-ring (bicyclic) bond motifs is 3. The summed E-state index contributed by atoms with van der Waals surface area (Å²) in [5.41, 5.74) is -1.04. The highest BCUT2D eigenvalue weighted by atomic mass is 19.4. The van der Waals surface area contributed by atoms with Gasteiger partial charge in [0.25, 0.3) is 0 Å². The van der Waals surface area contributed by atoms with E-state index in [1.54, 1.807) is 4.90 Å². The van der Waals surface area contributed by atoms with E-state index in [4.69, 9.17) is 18.6 Å². The number of benzene rings is 2. The molecule has 0 bridgehead atoms. The molecule has 5 unspecified atom stereocenters. The molecule has 10 heteroatoms. The molecule has 1 N–H and O–H groups in total. The molecule has 0 saturated carbocycles. The molecule has 2 aromatic carbocycles. The van der Waals surface area contributed by atoms with E-state index in [0.29, 0.717) is 11.8 Å². The zero-order valence-corrected chi connectivity index (χ0v) is 16.9. The van der Waals surface area contributed by atoms with Gasteiger partial charge in [-0.1, -0.05) is 30.3 Å². The molecular weight excluding hydrogens is 443 g/mol. The number of halogens is 3. The van der Waals surface area contributed by atoms with Crippen molar-refractivity contribution in [2.45, 2.75) is 43.0 Å². The van der Waals surface area contributed by atoms with Gasteiger partial charge in [-0.2, -0.15) is 13.2 Å². The Hall–Kier alpha value is -2.92. The van der Waals surface area contributed by atoms with Gasteiger partial charge in [-0.05, 0) is 12.1 Å². The van der Waals surface area contributed by atoms with Gasteiger partial charge in [-0.25, -0.2) is 4.79 Å². The fourth-order valence-electron chi connectivity index (χ4n) is 4.69. The van der Waals surface area contributed by atoms with Gasteiger partial charge < -0.3 is 28.6 Å². The first kappa shape index (κ1) is 20.7. The van der Waals surface area contributed by atoms with E-state index in [0.717, 1.165) is 5.56 Å². The van der Waals surface area contributed by atoms with Gasteiger partial charge in [0.1, 0.15) is 29.9 Å². The lowest BCUT2D eigenvalue weighted by Gasteiger charge is -2.40. The standard InChI is InChI=1S/C23H18F3NO6/c24-23(25,26)14-9-17(28)31-15-8-12(6-7-13(14)15)27-18-19(29)20-16(32-21(18)27)10-30-22(33-20)11-4-2-1-3-5-11/h1-9,16,18-22,29H,10H2/t16?,18?,19?,20?,21-,22?,27?/m0/s1. The Labute approximate surface area is 184 Å². The van der Waals surface area contributed by atoms with E-state index in [9.17, 15) is 23.1 Å². The zero-order valence-electron chi connectivity index (χ0n) is 16.9. The maximum absolute atomic E-state index is 13.3. The molecule has 0 amide bonds. The predicted molar refractivity (Wildman–Crippen MR) is 108 cm³/mol. The van der Waals surface area contributed by atoms with Gasteiger partial charge in [0.05, 0.1) is 12.2 Å². The molecule has 1 aromatic heterocycles. The summed E-state index contributed by atoms with van der Waals surface area (Å²) in [7, 11) is 0. The number of nitrogens with zero attached hydrogens (tertiary/aromatic N) is 1. The van der Waals surface area contributed by atoms with Crippen molar-refractivity contribution < 1.29 is 36.9 Å². The van der Waals surface area contributed by atoms with Crippen LogP contribution in [0, 0.1) is 0 Å². The summed E-state index contributed by atoms with van der Waals surface area (Å²) in [4.78, 5) is 13.4. The first-order chi connectivity index (χ1) is 15.8. The van der Waals surface area contributed by atoms with E-state index in [1.165, 1.54) is 18.2 Å². The second-order valence-electron chi connectivity index (χ2n) is 8.29. The topological polar surface area (TPSA) is 81.1 Å². The van der Waals surface area contributed by atoms with Crippen molar-refractivity contribution in [1.82, 2.24) is 0 Å². The molecule has 6 atom stereocenters. The Morgan fingerprint density at radius 2 is 1.82 bits per heavy atom. The van der Waals surface area contributed by atoms with Crippen LogP contribution >= 0.6 is 0 Å². The minimum Gasteiger partial charge on any atom is -0.423 e. The lowest BCUT2D eigenvalue weighted by atomic mass is 10.0. The molecule has 33 heavy (non-hydrogen) atoms. The maximum Gasteiger partial charge on any atom is 0.417 e. The van der Waals surface area contributed by atoms with Crippen LogP contribution in [0.2, 0.25) is 0 Å². The summed E-state index contributed by atoms with van der Waals surface area (Å²) in [6.07, 6.45) is -7.85. The molecule has 3 aromatic rings. The molecule has 172 valence electrons. The Morgan fingerprint density at radius 3 is 2.58 bits per heavy atom. The second kappa shape index (κ2) is 7.29. The Bertz CT molecular complexity index is 1260. The van der Waals surface area contributed by atoms with Crippen LogP contribution in [0.3, 0.4) is 0 Å². The number of rotatable bonds is 2. The third-order valence-corrected chi connectivity index (χ3v) is 6.26. The largest absolute Gasteiger partial charge is 0.423 e. The first-order valence-electron chi connectivity index (χ1n) is 10.4. The van der Waals surface area contributed by atoms with Crippen molar-refractivity contribution in [3.05, 3.63) is 76.1 Å². The second-order valence-corrected chi connectivity index (χ2v) is 8.29. The third-order valence-electron chi connectivity index (χ3n) is 6.26. The van der Waals surface area contributed by atoms with Crippen molar-refractivity contribution in [2.24, 2.45) is 0 Å². The predicted octanol–water partition coefficient (Wildman–Crippen LogP) is 3.20. The number of anilines is 1. The smallest absolute Gasteiger partial charge is 0.417 e. The van der Waals surface area contributed by atoms with E-state index < -0.39 is 54.2 Å². The van der Waals surface area contributed by atoms with Gasteiger partial charge >= 0.3 is 11.8 Å². The molecule has 7 nitrogen and oxygen atoms in total. The molecular formula is C23H18F3NO6. The minimum atomic E-state index is -4.69. The average Bonchev–Trinajstić information content (AvgIpc) is 3.52. The van der Waals surface area contributed by atoms with E-state index in [-0.39, 0.29) is 17.6 Å². The zero-order chi connectivity index (χ0) is 22.9. The minimum absolute atomic E-state index is 0.188. The first-order valence-corrected chi connectivity index (χ1v) is 10.4. The highest BCUT2D eigenvalue weighted by Gasteiger charge is 2.63. The Morgan fingerprint density at radius 1 is 1.03 bits per heavy atom. The van der Waals surface area contributed by atoms with Crippen molar-refractivity contribution in [3.63, 3.8) is 0 Å². The Balaban J connectivity index is 1.27. The summed E-state index contributed by atoms with van der Waals surface area (Å²) in [5, 5.41) is 10.8. The van der Waals surface area contributed by atoms with Gasteiger partial charge in [0.15, 0.2) is 12.5 Å². The lowest BCUT2D eigenvalue weighted by molar-refractivity contribution is -0.296.